The molecule has 0 fully saturated rings. The zero-order chi connectivity index (χ0) is 19.3. The summed E-state index contributed by atoms with van der Waals surface area (Å²) in [4.78, 5) is 13.1. The molecule has 1 unspecified atom stereocenters. The third-order valence-corrected chi connectivity index (χ3v) is 7.06. The number of carbonyl (C=O) groups is 1. The molecule has 0 amide bonds. The van der Waals surface area contributed by atoms with Crippen molar-refractivity contribution in [3.63, 3.8) is 0 Å². The van der Waals surface area contributed by atoms with E-state index in [1.807, 2.05) is 17.8 Å². The summed E-state index contributed by atoms with van der Waals surface area (Å²) in [5.74, 6) is 2.90. The molecule has 28 heavy (non-hydrogen) atoms. The van der Waals surface area contributed by atoms with Crippen molar-refractivity contribution < 1.29 is 9.53 Å². The first-order valence-electron chi connectivity index (χ1n) is 10.4. The van der Waals surface area contributed by atoms with Crippen LogP contribution in [0.25, 0.3) is 0 Å². The molecule has 0 aromatic heterocycles. The molecule has 148 valence electrons. The Balaban J connectivity index is 1.27. The third-order valence-electron chi connectivity index (χ3n) is 6.00. The molecule has 0 spiro atoms. The number of methoxy groups -OCH3 is 1. The zero-order valence-electron chi connectivity index (χ0n) is 16.6. The summed E-state index contributed by atoms with van der Waals surface area (Å²) in [6, 6.07) is 12.8. The van der Waals surface area contributed by atoms with Crippen LogP contribution in [0.3, 0.4) is 0 Å². The van der Waals surface area contributed by atoms with Crippen molar-refractivity contribution in [3.05, 3.63) is 58.7 Å². The molecule has 0 radical (unpaired) electrons. The van der Waals surface area contributed by atoms with Crippen LogP contribution in [0.4, 0.5) is 0 Å². The van der Waals surface area contributed by atoms with Gasteiger partial charge in [0.2, 0.25) is 0 Å². The second-order valence-electron chi connectivity index (χ2n) is 7.76. The van der Waals surface area contributed by atoms with E-state index < -0.39 is 0 Å². The van der Waals surface area contributed by atoms with E-state index in [4.69, 9.17) is 4.74 Å². The number of hydrogen-bond donors (Lipinski definition) is 1. The van der Waals surface area contributed by atoms with Gasteiger partial charge in [0, 0.05) is 22.6 Å². The van der Waals surface area contributed by atoms with Gasteiger partial charge in [-0.1, -0.05) is 24.3 Å². The molecule has 0 saturated carbocycles. The second kappa shape index (κ2) is 9.15. The fraction of sp³-hybridized carbons (Fsp3) is 0.458. The number of ether oxygens (including phenoxy) is 1. The van der Waals surface area contributed by atoms with E-state index in [2.05, 4.69) is 35.6 Å². The van der Waals surface area contributed by atoms with Crippen molar-refractivity contribution in [2.45, 2.75) is 49.3 Å². The number of rotatable bonds is 7. The molecule has 2 aliphatic rings. The highest BCUT2D eigenvalue weighted by atomic mass is 32.2. The van der Waals surface area contributed by atoms with E-state index in [-0.39, 0.29) is 0 Å². The highest BCUT2D eigenvalue weighted by Crippen LogP contribution is 2.38. The van der Waals surface area contributed by atoms with Crippen LogP contribution < -0.4 is 10.1 Å². The smallest absolute Gasteiger partial charge is 0.164 e. The summed E-state index contributed by atoms with van der Waals surface area (Å²) >= 11 is 1.81. The molecule has 1 atom stereocenters. The fourth-order valence-electron chi connectivity index (χ4n) is 4.50. The maximum Gasteiger partial charge on any atom is 0.164 e. The minimum Gasteiger partial charge on any atom is -0.496 e. The van der Waals surface area contributed by atoms with Crippen molar-refractivity contribution in [3.8, 4) is 5.75 Å². The molecule has 1 aliphatic heterocycles. The fourth-order valence-corrected chi connectivity index (χ4v) is 5.58. The van der Waals surface area contributed by atoms with Crippen LogP contribution in [0.2, 0.25) is 0 Å². The summed E-state index contributed by atoms with van der Waals surface area (Å²) in [5, 5.41) is 3.62. The lowest BCUT2D eigenvalue weighted by Gasteiger charge is -2.27. The van der Waals surface area contributed by atoms with Crippen LogP contribution in [0.5, 0.6) is 5.75 Å². The van der Waals surface area contributed by atoms with Gasteiger partial charge in [-0.2, -0.15) is 0 Å². The van der Waals surface area contributed by atoms with Gasteiger partial charge in [-0.25, -0.2) is 0 Å². The highest BCUT2D eigenvalue weighted by molar-refractivity contribution is 7.99. The molecule has 1 N–H and O–H groups in total. The number of ketones is 1. The lowest BCUT2D eigenvalue weighted by Crippen LogP contribution is -2.22. The maximum absolute atomic E-state index is 11.9. The van der Waals surface area contributed by atoms with Crippen LogP contribution in [0, 0.1) is 0 Å². The summed E-state index contributed by atoms with van der Waals surface area (Å²) in [6.45, 7) is 2.02. The SMILES string of the molecule is COc1cccc2c1CCCC2CCNCCc1ccc2c(c1)SCCC2=O. The zero-order valence-corrected chi connectivity index (χ0v) is 17.4. The molecule has 1 heterocycles. The quantitative estimate of drug-likeness (QED) is 0.669. The Morgan fingerprint density at radius 1 is 1.18 bits per heavy atom. The molecular weight excluding hydrogens is 366 g/mol. The number of Topliss-reactive ketones (excluding diaryl/α,β-unsaturated/α-hetero) is 1. The van der Waals surface area contributed by atoms with Gasteiger partial charge >= 0.3 is 0 Å². The summed E-state index contributed by atoms with van der Waals surface area (Å²) in [7, 11) is 1.77. The molecule has 1 aliphatic carbocycles. The number of thioether (sulfide) groups is 1. The summed E-state index contributed by atoms with van der Waals surface area (Å²) in [6.07, 6.45) is 6.53. The first-order valence-corrected chi connectivity index (χ1v) is 11.4. The summed E-state index contributed by atoms with van der Waals surface area (Å²) < 4.78 is 5.56. The van der Waals surface area contributed by atoms with Crippen LogP contribution in [0.15, 0.2) is 41.3 Å². The number of fused-ring (bicyclic) bond motifs is 2. The van der Waals surface area contributed by atoms with Gasteiger partial charge in [-0.3, -0.25) is 4.79 Å². The van der Waals surface area contributed by atoms with Gasteiger partial charge in [-0.15, -0.1) is 11.8 Å². The van der Waals surface area contributed by atoms with Gasteiger partial charge in [-0.05, 0) is 79.9 Å². The van der Waals surface area contributed by atoms with Crippen molar-refractivity contribution in [2.75, 3.05) is 26.0 Å². The van der Waals surface area contributed by atoms with Gasteiger partial charge < -0.3 is 10.1 Å². The topological polar surface area (TPSA) is 38.3 Å². The minimum absolute atomic E-state index is 0.294. The lowest BCUT2D eigenvalue weighted by molar-refractivity contribution is 0.0985. The van der Waals surface area contributed by atoms with Gasteiger partial charge in [0.25, 0.3) is 0 Å². The maximum atomic E-state index is 11.9. The Labute approximate surface area is 172 Å². The predicted octanol–water partition coefficient (Wildman–Crippen LogP) is 5.02. The van der Waals surface area contributed by atoms with Crippen LogP contribution in [0.1, 0.15) is 58.6 Å². The van der Waals surface area contributed by atoms with Crippen molar-refractivity contribution in [1.82, 2.24) is 5.32 Å². The van der Waals surface area contributed by atoms with E-state index in [9.17, 15) is 4.79 Å². The van der Waals surface area contributed by atoms with Gasteiger partial charge in [0.1, 0.15) is 5.75 Å². The van der Waals surface area contributed by atoms with Crippen molar-refractivity contribution >= 4 is 17.5 Å². The monoisotopic (exact) mass is 395 g/mol. The molecular formula is C24H29NO2S. The predicted molar refractivity (Wildman–Crippen MR) is 116 cm³/mol. The number of benzene rings is 2. The van der Waals surface area contributed by atoms with Crippen LogP contribution in [-0.4, -0.2) is 31.7 Å². The van der Waals surface area contributed by atoms with Gasteiger partial charge in [0.05, 0.1) is 7.11 Å². The molecule has 0 saturated heterocycles. The average Bonchev–Trinajstić information content (AvgIpc) is 2.73. The van der Waals surface area contributed by atoms with Crippen molar-refractivity contribution in [1.29, 1.82) is 0 Å². The molecule has 0 bridgehead atoms. The van der Waals surface area contributed by atoms with E-state index in [0.29, 0.717) is 18.1 Å². The highest BCUT2D eigenvalue weighted by Gasteiger charge is 2.22. The first kappa shape index (κ1) is 19.5. The lowest BCUT2D eigenvalue weighted by atomic mass is 9.80. The minimum atomic E-state index is 0.294. The van der Waals surface area contributed by atoms with Gasteiger partial charge in [0.15, 0.2) is 5.78 Å². The number of hydrogen-bond acceptors (Lipinski definition) is 4. The Morgan fingerprint density at radius 2 is 2.11 bits per heavy atom. The Kier molecular flexibility index (Phi) is 6.38. The molecule has 2 aromatic rings. The largest absolute Gasteiger partial charge is 0.496 e. The standard InChI is InChI=1S/C24H29NO2S/c1-27-23-7-3-5-19-18(4-2-6-20(19)23)11-14-25-13-10-17-8-9-21-22(26)12-15-28-24(21)16-17/h3,5,7-9,16,18,25H,2,4,6,10-15H2,1H3. The average molecular weight is 396 g/mol. The summed E-state index contributed by atoms with van der Waals surface area (Å²) in [5.41, 5.74) is 5.15. The molecule has 3 nitrogen and oxygen atoms in total. The Hall–Kier alpha value is -1.78. The molecule has 2 aromatic carbocycles. The second-order valence-corrected chi connectivity index (χ2v) is 8.89. The van der Waals surface area contributed by atoms with E-state index in [1.165, 1.54) is 40.8 Å². The number of nitrogens with one attached hydrogen (secondary N) is 1. The third kappa shape index (κ3) is 4.28. The normalized spacial score (nSPS) is 18.5. The Bertz CT molecular complexity index is 848. The van der Waals surface area contributed by atoms with E-state index in [1.54, 1.807) is 7.11 Å². The van der Waals surface area contributed by atoms with E-state index >= 15 is 0 Å². The first-order chi connectivity index (χ1) is 13.8. The van der Waals surface area contributed by atoms with Crippen LogP contribution in [-0.2, 0) is 12.8 Å². The Morgan fingerprint density at radius 3 is 3.00 bits per heavy atom. The molecule has 4 rings (SSSR count). The van der Waals surface area contributed by atoms with Crippen LogP contribution >= 0.6 is 11.8 Å². The molecule has 4 heteroatoms. The van der Waals surface area contributed by atoms with Crippen molar-refractivity contribution in [2.24, 2.45) is 0 Å². The number of carbonyl (C=O) groups excluding carboxylic acids is 1. The van der Waals surface area contributed by atoms with E-state index in [0.717, 1.165) is 43.0 Å².